The minimum Gasteiger partial charge on any atom is -0.497 e. The number of anilines is 2. The molecule has 1 spiro atoms. The van der Waals surface area contributed by atoms with Crippen molar-refractivity contribution in [2.75, 3.05) is 29.6 Å². The highest BCUT2D eigenvalue weighted by Gasteiger charge is 2.59. The van der Waals surface area contributed by atoms with E-state index in [1.807, 2.05) is 25.1 Å². The van der Waals surface area contributed by atoms with Crippen LogP contribution in [0.5, 0.6) is 5.75 Å². The molecule has 0 saturated carbocycles. The molecular weight excluding hydrogens is 503 g/mol. The van der Waals surface area contributed by atoms with E-state index in [1.54, 1.807) is 24.3 Å². The van der Waals surface area contributed by atoms with E-state index in [2.05, 4.69) is 5.32 Å². The number of nitrogens with zero attached hydrogens (tertiary/aromatic N) is 2. The van der Waals surface area contributed by atoms with E-state index in [-0.39, 0.29) is 12.5 Å². The summed E-state index contributed by atoms with van der Waals surface area (Å²) in [5, 5.41) is 2.91. The van der Waals surface area contributed by atoms with Crippen molar-refractivity contribution in [1.82, 2.24) is 4.90 Å². The lowest BCUT2D eigenvalue weighted by Gasteiger charge is -2.33. The number of amides is 3. The fourth-order valence-corrected chi connectivity index (χ4v) is 6.23. The molecule has 0 radical (unpaired) electrons. The maximum absolute atomic E-state index is 14.1. The number of hydrogen-bond acceptors (Lipinski definition) is 4. The van der Waals surface area contributed by atoms with Gasteiger partial charge in [-0.1, -0.05) is 24.3 Å². The molecule has 0 bridgehead atoms. The molecule has 192 valence electrons. The molecule has 1 N–H and O–H groups in total. The number of alkyl halides is 3. The monoisotopic (exact) mass is 527 g/mol. The molecule has 0 unspecified atom stereocenters. The lowest BCUT2D eigenvalue weighted by molar-refractivity contribution is -0.137. The molecule has 6 nitrogen and oxygen atoms in total. The van der Waals surface area contributed by atoms with Gasteiger partial charge in [0.05, 0.1) is 24.9 Å². The van der Waals surface area contributed by atoms with Gasteiger partial charge >= 0.3 is 12.2 Å². The van der Waals surface area contributed by atoms with Gasteiger partial charge in [0.15, 0.2) is 4.87 Å². The average molecular weight is 528 g/mol. The smallest absolute Gasteiger partial charge is 0.416 e. The molecule has 1 saturated heterocycles. The van der Waals surface area contributed by atoms with E-state index >= 15 is 0 Å². The Kier molecular flexibility index (Phi) is 6.31. The molecule has 37 heavy (non-hydrogen) atoms. The predicted octanol–water partition coefficient (Wildman–Crippen LogP) is 6.00. The number of nitrogens with one attached hydrogen (secondary N) is 1. The second kappa shape index (κ2) is 9.33. The van der Waals surface area contributed by atoms with Gasteiger partial charge in [-0.2, -0.15) is 13.2 Å². The van der Waals surface area contributed by atoms with Gasteiger partial charge in [0.25, 0.3) is 5.91 Å². The van der Waals surface area contributed by atoms with Crippen molar-refractivity contribution in [3.63, 3.8) is 0 Å². The van der Waals surface area contributed by atoms with Crippen LogP contribution in [0.4, 0.5) is 29.3 Å². The second-order valence-corrected chi connectivity index (χ2v) is 10.2. The number of fused-ring (bicyclic) bond motifs is 2. The molecule has 2 heterocycles. The molecule has 1 fully saturated rings. The number of aryl methyl sites for hydroxylation is 1. The quantitative estimate of drug-likeness (QED) is 0.452. The predicted molar refractivity (Wildman–Crippen MR) is 137 cm³/mol. The normalized spacial score (nSPS) is 18.9. The molecule has 0 aromatic heterocycles. The number of rotatable bonds is 4. The molecule has 3 amide bonds. The summed E-state index contributed by atoms with van der Waals surface area (Å²) in [5.74, 6) is 0.754. The second-order valence-electron chi connectivity index (χ2n) is 8.91. The lowest BCUT2D eigenvalue weighted by Crippen LogP contribution is -2.51. The summed E-state index contributed by atoms with van der Waals surface area (Å²) in [6.07, 6.45) is -4.44. The Bertz CT molecular complexity index is 1360. The third-order valence-corrected chi connectivity index (χ3v) is 7.96. The van der Waals surface area contributed by atoms with Gasteiger partial charge in [0.1, 0.15) is 5.75 Å². The van der Waals surface area contributed by atoms with Gasteiger partial charge in [0, 0.05) is 23.5 Å². The van der Waals surface area contributed by atoms with Gasteiger partial charge in [0.2, 0.25) is 0 Å². The molecule has 3 aromatic carbocycles. The molecule has 5 rings (SSSR count). The first kappa shape index (κ1) is 25.0. The third kappa shape index (κ3) is 4.39. The molecule has 1 atom stereocenters. The number of methoxy groups -OCH3 is 1. The van der Waals surface area contributed by atoms with E-state index in [0.717, 1.165) is 17.7 Å². The Morgan fingerprint density at radius 3 is 2.54 bits per heavy atom. The topological polar surface area (TPSA) is 61.9 Å². The van der Waals surface area contributed by atoms with Crippen LogP contribution in [0, 0.1) is 6.92 Å². The average Bonchev–Trinajstić information content (AvgIpc) is 3.41. The summed E-state index contributed by atoms with van der Waals surface area (Å²) < 4.78 is 44.5. The van der Waals surface area contributed by atoms with Crippen LogP contribution in [0.25, 0.3) is 0 Å². The number of ether oxygens (including phenoxy) is 1. The first-order valence-electron chi connectivity index (χ1n) is 11.6. The molecule has 0 aliphatic carbocycles. The van der Waals surface area contributed by atoms with Crippen LogP contribution < -0.4 is 15.0 Å². The Morgan fingerprint density at radius 2 is 1.86 bits per heavy atom. The standard InChI is InChI=1S/C27H24F3N3O3S/c1-17-4-3-5-20(14-17)31-25(35)33-12-13-37-26(33)22-15-21(36-2)10-11-23(22)32(24(26)34)16-18-6-8-19(9-7-18)27(28,29)30/h3-11,14-15H,12-13,16H2,1-2H3,(H,31,35)/t26-/m1/s1. The van der Waals surface area contributed by atoms with Crippen LogP contribution in [-0.4, -0.2) is 36.2 Å². The number of thioether (sulfide) groups is 1. The van der Waals surface area contributed by atoms with Gasteiger partial charge in [-0.15, -0.1) is 11.8 Å². The van der Waals surface area contributed by atoms with E-state index in [1.165, 1.54) is 40.8 Å². The maximum Gasteiger partial charge on any atom is 0.416 e. The van der Waals surface area contributed by atoms with Crippen molar-refractivity contribution in [3.8, 4) is 5.75 Å². The highest BCUT2D eigenvalue weighted by Crippen LogP contribution is 2.55. The van der Waals surface area contributed by atoms with Crippen molar-refractivity contribution in [1.29, 1.82) is 0 Å². The summed E-state index contributed by atoms with van der Waals surface area (Å²) in [7, 11) is 1.52. The van der Waals surface area contributed by atoms with Crippen LogP contribution in [0.2, 0.25) is 0 Å². The fourth-order valence-electron chi connectivity index (χ4n) is 4.77. The molecule has 3 aromatic rings. The van der Waals surface area contributed by atoms with E-state index in [0.29, 0.717) is 40.5 Å². The highest BCUT2D eigenvalue weighted by molar-refractivity contribution is 8.01. The van der Waals surface area contributed by atoms with Crippen molar-refractivity contribution < 1.29 is 27.5 Å². The van der Waals surface area contributed by atoms with Crippen LogP contribution >= 0.6 is 11.8 Å². The molecular formula is C27H24F3N3O3S. The number of urea groups is 1. The van der Waals surface area contributed by atoms with Crippen LogP contribution in [-0.2, 0) is 22.4 Å². The van der Waals surface area contributed by atoms with Crippen LogP contribution in [0.15, 0.2) is 66.7 Å². The van der Waals surface area contributed by atoms with Gasteiger partial charge in [-0.25, -0.2) is 4.79 Å². The SMILES string of the molecule is COc1ccc2c(c1)[C@@]1(SCCN1C(=O)Nc1cccc(C)c1)C(=O)N2Cc1ccc(C(F)(F)F)cc1. The number of hydrogen-bond donors (Lipinski definition) is 1. The van der Waals surface area contributed by atoms with E-state index < -0.39 is 22.6 Å². The van der Waals surface area contributed by atoms with Crippen molar-refractivity contribution in [3.05, 3.63) is 89.0 Å². The first-order valence-corrected chi connectivity index (χ1v) is 12.6. The number of halogens is 3. The maximum atomic E-state index is 14.1. The number of benzene rings is 3. The van der Waals surface area contributed by atoms with E-state index in [4.69, 9.17) is 4.74 Å². The summed E-state index contributed by atoms with van der Waals surface area (Å²) >= 11 is 1.36. The number of carbonyl (C=O) groups is 2. The van der Waals surface area contributed by atoms with Crippen molar-refractivity contribution >= 4 is 35.1 Å². The lowest BCUT2D eigenvalue weighted by atomic mass is 10.1. The summed E-state index contributed by atoms with van der Waals surface area (Å²) in [5.41, 5.74) is 2.60. The molecule has 2 aliphatic heterocycles. The van der Waals surface area contributed by atoms with Crippen molar-refractivity contribution in [2.24, 2.45) is 0 Å². The zero-order valence-corrected chi connectivity index (χ0v) is 20.9. The largest absolute Gasteiger partial charge is 0.497 e. The Hall–Kier alpha value is -3.66. The first-order chi connectivity index (χ1) is 17.6. The fraction of sp³-hybridized carbons (Fsp3) is 0.259. The number of carbonyl (C=O) groups excluding carboxylic acids is 2. The Labute approximate surface area is 216 Å². The minimum atomic E-state index is -4.44. The third-order valence-electron chi connectivity index (χ3n) is 6.54. The molecule has 10 heteroatoms. The zero-order chi connectivity index (χ0) is 26.4. The minimum absolute atomic E-state index is 0.0615. The molecule has 2 aliphatic rings. The zero-order valence-electron chi connectivity index (χ0n) is 20.1. The van der Waals surface area contributed by atoms with Gasteiger partial charge in [-0.05, 0) is 60.5 Å². The Balaban J connectivity index is 1.51. The van der Waals surface area contributed by atoms with Gasteiger partial charge < -0.3 is 15.0 Å². The summed E-state index contributed by atoms with van der Waals surface area (Å²) in [6, 6.07) is 17.0. The van der Waals surface area contributed by atoms with Crippen molar-refractivity contribution in [2.45, 2.75) is 24.5 Å². The van der Waals surface area contributed by atoms with Crippen LogP contribution in [0.3, 0.4) is 0 Å². The Morgan fingerprint density at radius 1 is 1.11 bits per heavy atom. The van der Waals surface area contributed by atoms with Crippen LogP contribution in [0.1, 0.15) is 22.3 Å². The summed E-state index contributed by atoms with van der Waals surface area (Å²) in [6.45, 7) is 2.33. The van der Waals surface area contributed by atoms with E-state index in [9.17, 15) is 22.8 Å². The van der Waals surface area contributed by atoms with Gasteiger partial charge in [-0.3, -0.25) is 9.69 Å². The summed E-state index contributed by atoms with van der Waals surface area (Å²) in [4.78, 5) is 29.3. The highest BCUT2D eigenvalue weighted by atomic mass is 32.2.